The molecule has 0 radical (unpaired) electrons. The number of hydrogen-bond donors (Lipinski definition) is 1. The Morgan fingerprint density at radius 2 is 1.93 bits per heavy atom. The maximum absolute atomic E-state index is 13.0. The SMILES string of the molecule is Cc1cccc2c1cc(Cn1c(=O)c3c(nc(Br)n3C)n(C)c1=O)n2C(=O)O. The lowest BCUT2D eigenvalue weighted by Crippen LogP contribution is -2.40. The molecule has 3 heterocycles. The fraction of sp³-hybridized carbons (Fsp3) is 0.222. The molecule has 0 fully saturated rings. The smallest absolute Gasteiger partial charge is 0.416 e. The van der Waals surface area contributed by atoms with Crippen molar-refractivity contribution in [3.8, 4) is 0 Å². The molecule has 0 saturated carbocycles. The Bertz CT molecular complexity index is 1410. The highest BCUT2D eigenvalue weighted by Gasteiger charge is 2.21. The lowest BCUT2D eigenvalue weighted by atomic mass is 10.1. The Labute approximate surface area is 166 Å². The zero-order valence-electron chi connectivity index (χ0n) is 15.3. The van der Waals surface area contributed by atoms with Crippen molar-refractivity contribution in [2.75, 3.05) is 0 Å². The van der Waals surface area contributed by atoms with Crippen LogP contribution in [0.1, 0.15) is 11.3 Å². The molecule has 1 aromatic carbocycles. The van der Waals surface area contributed by atoms with Crippen molar-refractivity contribution in [1.29, 1.82) is 0 Å². The van der Waals surface area contributed by atoms with Gasteiger partial charge >= 0.3 is 11.8 Å². The lowest BCUT2D eigenvalue weighted by molar-refractivity contribution is 0.196. The summed E-state index contributed by atoms with van der Waals surface area (Å²) in [6, 6.07) is 7.05. The number of aryl methyl sites for hydroxylation is 3. The third-order valence-corrected chi connectivity index (χ3v) is 5.67. The van der Waals surface area contributed by atoms with E-state index in [1.54, 1.807) is 29.8 Å². The third-order valence-electron chi connectivity index (χ3n) is 4.96. The average molecular weight is 446 g/mol. The fourth-order valence-corrected chi connectivity index (χ4v) is 3.84. The summed E-state index contributed by atoms with van der Waals surface area (Å²) in [6.07, 6.45) is -1.18. The minimum Gasteiger partial charge on any atom is -0.464 e. The molecule has 0 aliphatic heterocycles. The highest BCUT2D eigenvalue weighted by atomic mass is 79.9. The number of halogens is 1. The predicted molar refractivity (Wildman–Crippen MR) is 107 cm³/mol. The Morgan fingerprint density at radius 1 is 1.21 bits per heavy atom. The Kier molecular flexibility index (Phi) is 4.03. The molecular weight excluding hydrogens is 430 g/mol. The summed E-state index contributed by atoms with van der Waals surface area (Å²) >= 11 is 3.26. The van der Waals surface area contributed by atoms with Crippen LogP contribution >= 0.6 is 15.9 Å². The zero-order chi connectivity index (χ0) is 20.3. The third kappa shape index (κ3) is 2.44. The number of rotatable bonds is 2. The number of carbonyl (C=O) groups is 1. The summed E-state index contributed by atoms with van der Waals surface area (Å²) in [7, 11) is 3.18. The van der Waals surface area contributed by atoms with Gasteiger partial charge in [0.1, 0.15) is 0 Å². The average Bonchev–Trinajstić information content (AvgIpc) is 3.16. The molecule has 0 aliphatic carbocycles. The summed E-state index contributed by atoms with van der Waals surface area (Å²) in [5.74, 6) is 0. The number of fused-ring (bicyclic) bond motifs is 2. The molecule has 28 heavy (non-hydrogen) atoms. The normalized spacial score (nSPS) is 11.6. The molecule has 0 unspecified atom stereocenters. The van der Waals surface area contributed by atoms with Crippen molar-refractivity contribution in [2.24, 2.45) is 14.1 Å². The van der Waals surface area contributed by atoms with Crippen LogP contribution in [-0.2, 0) is 20.6 Å². The number of imidazole rings is 1. The minimum atomic E-state index is -1.18. The van der Waals surface area contributed by atoms with E-state index < -0.39 is 17.3 Å². The molecule has 0 spiro atoms. The first kappa shape index (κ1) is 18.2. The molecule has 9 nitrogen and oxygen atoms in total. The molecule has 1 N–H and O–H groups in total. The predicted octanol–water partition coefficient (Wildman–Crippen LogP) is 2.03. The Hall–Kier alpha value is -3.14. The zero-order valence-corrected chi connectivity index (χ0v) is 16.9. The highest BCUT2D eigenvalue weighted by molar-refractivity contribution is 9.10. The Morgan fingerprint density at radius 3 is 2.61 bits per heavy atom. The second-order valence-electron chi connectivity index (χ2n) is 6.61. The van der Waals surface area contributed by atoms with Gasteiger partial charge in [0.2, 0.25) is 0 Å². The van der Waals surface area contributed by atoms with E-state index >= 15 is 0 Å². The first-order chi connectivity index (χ1) is 13.2. The topological polar surface area (TPSA) is 104 Å². The van der Waals surface area contributed by atoms with Crippen LogP contribution in [0.4, 0.5) is 4.79 Å². The van der Waals surface area contributed by atoms with Crippen LogP contribution in [-0.4, -0.2) is 34.5 Å². The van der Waals surface area contributed by atoms with Gasteiger partial charge in [-0.05, 0) is 40.5 Å². The number of hydrogen-bond acceptors (Lipinski definition) is 4. The minimum absolute atomic E-state index is 0.176. The second kappa shape index (κ2) is 6.20. The van der Waals surface area contributed by atoms with E-state index in [0.29, 0.717) is 15.9 Å². The molecule has 4 aromatic rings. The van der Waals surface area contributed by atoms with Crippen LogP contribution in [0.5, 0.6) is 0 Å². The van der Waals surface area contributed by atoms with Crippen molar-refractivity contribution in [2.45, 2.75) is 13.5 Å². The van der Waals surface area contributed by atoms with E-state index in [9.17, 15) is 19.5 Å². The van der Waals surface area contributed by atoms with E-state index in [-0.39, 0.29) is 17.7 Å². The summed E-state index contributed by atoms with van der Waals surface area (Å²) in [5.41, 5.74) is 1.16. The maximum Gasteiger partial charge on any atom is 0.416 e. The fourth-order valence-electron chi connectivity index (χ4n) is 3.49. The van der Waals surface area contributed by atoms with Crippen LogP contribution in [0, 0.1) is 6.92 Å². The van der Waals surface area contributed by atoms with Gasteiger partial charge in [0.25, 0.3) is 5.56 Å². The maximum atomic E-state index is 13.0. The van der Waals surface area contributed by atoms with Gasteiger partial charge in [-0.25, -0.2) is 19.1 Å². The van der Waals surface area contributed by atoms with Crippen LogP contribution in [0.3, 0.4) is 0 Å². The summed E-state index contributed by atoms with van der Waals surface area (Å²) < 4.78 is 5.38. The van der Waals surface area contributed by atoms with Crippen molar-refractivity contribution in [1.82, 2.24) is 23.3 Å². The molecule has 10 heteroatoms. The number of benzene rings is 1. The number of aromatic nitrogens is 5. The van der Waals surface area contributed by atoms with Gasteiger partial charge in [-0.2, -0.15) is 0 Å². The van der Waals surface area contributed by atoms with Crippen LogP contribution in [0.25, 0.3) is 22.1 Å². The summed E-state index contributed by atoms with van der Waals surface area (Å²) in [5, 5.41) is 10.5. The van der Waals surface area contributed by atoms with E-state index in [1.165, 1.54) is 11.6 Å². The summed E-state index contributed by atoms with van der Waals surface area (Å²) in [6.45, 7) is 1.70. The van der Waals surface area contributed by atoms with Gasteiger partial charge in [-0.3, -0.25) is 13.9 Å². The van der Waals surface area contributed by atoms with Crippen LogP contribution < -0.4 is 11.2 Å². The van der Waals surface area contributed by atoms with E-state index in [0.717, 1.165) is 20.1 Å². The van der Waals surface area contributed by atoms with Crippen molar-refractivity contribution in [3.05, 3.63) is 61.1 Å². The van der Waals surface area contributed by atoms with Crippen LogP contribution in [0.15, 0.2) is 38.6 Å². The van der Waals surface area contributed by atoms with E-state index in [2.05, 4.69) is 20.9 Å². The van der Waals surface area contributed by atoms with Gasteiger partial charge in [-0.1, -0.05) is 12.1 Å². The molecule has 0 atom stereocenters. The van der Waals surface area contributed by atoms with E-state index in [1.807, 2.05) is 13.0 Å². The van der Waals surface area contributed by atoms with E-state index in [4.69, 9.17) is 0 Å². The molecule has 144 valence electrons. The van der Waals surface area contributed by atoms with Crippen LogP contribution in [0.2, 0.25) is 0 Å². The monoisotopic (exact) mass is 445 g/mol. The summed E-state index contributed by atoms with van der Waals surface area (Å²) in [4.78, 5) is 41.9. The first-order valence-corrected chi connectivity index (χ1v) is 9.16. The lowest BCUT2D eigenvalue weighted by Gasteiger charge is -2.10. The molecule has 4 rings (SSSR count). The van der Waals surface area contributed by atoms with Gasteiger partial charge in [0.05, 0.1) is 17.8 Å². The standard InChI is InChI=1S/C18H16BrN5O4/c1-9-5-4-6-12-11(9)7-10(24(12)18(27)28)8-23-15(25)13-14(22(3)17(23)26)20-16(19)21(13)2/h4-7H,8H2,1-3H3,(H,27,28). The highest BCUT2D eigenvalue weighted by Crippen LogP contribution is 2.23. The van der Waals surface area contributed by atoms with Crippen molar-refractivity contribution < 1.29 is 9.90 Å². The van der Waals surface area contributed by atoms with Crippen molar-refractivity contribution >= 4 is 44.1 Å². The molecular formula is C18H16BrN5O4. The van der Waals surface area contributed by atoms with Gasteiger partial charge in [0.15, 0.2) is 15.9 Å². The molecule has 0 bridgehead atoms. The number of carboxylic acid groups (broad SMARTS) is 1. The molecule has 0 saturated heterocycles. The van der Waals surface area contributed by atoms with Gasteiger partial charge in [0, 0.05) is 19.5 Å². The molecule has 0 amide bonds. The molecule has 0 aliphatic rings. The van der Waals surface area contributed by atoms with Crippen molar-refractivity contribution in [3.63, 3.8) is 0 Å². The van der Waals surface area contributed by atoms with Gasteiger partial charge < -0.3 is 9.67 Å². The molecule has 3 aromatic heterocycles. The second-order valence-corrected chi connectivity index (χ2v) is 7.32. The number of nitrogens with zero attached hydrogens (tertiary/aromatic N) is 5. The largest absolute Gasteiger partial charge is 0.464 e. The quantitative estimate of drug-likeness (QED) is 0.475. The van der Waals surface area contributed by atoms with Gasteiger partial charge in [-0.15, -0.1) is 0 Å². The Balaban J connectivity index is 2.02. The first-order valence-electron chi connectivity index (χ1n) is 8.37.